The van der Waals surface area contributed by atoms with Gasteiger partial charge < -0.3 is 15.1 Å². The van der Waals surface area contributed by atoms with E-state index in [9.17, 15) is 0 Å². The molecule has 0 saturated carbocycles. The molecule has 0 amide bonds. The van der Waals surface area contributed by atoms with Gasteiger partial charge in [-0.2, -0.15) is 0 Å². The molecule has 1 aromatic heterocycles. The zero-order valence-electron chi connectivity index (χ0n) is 13.4. The van der Waals surface area contributed by atoms with Crippen molar-refractivity contribution in [3.05, 3.63) is 24.0 Å². The van der Waals surface area contributed by atoms with Crippen molar-refractivity contribution in [2.75, 3.05) is 32.1 Å². The summed E-state index contributed by atoms with van der Waals surface area (Å²) in [7, 11) is 4.35. The highest BCUT2D eigenvalue weighted by Gasteiger charge is 2.31. The van der Waals surface area contributed by atoms with Crippen LogP contribution in [0, 0.1) is 5.92 Å². The Morgan fingerprint density at radius 3 is 2.75 bits per heavy atom. The van der Waals surface area contributed by atoms with Crippen LogP contribution in [0.3, 0.4) is 0 Å². The lowest BCUT2D eigenvalue weighted by molar-refractivity contribution is 0.266. The van der Waals surface area contributed by atoms with Gasteiger partial charge in [0.05, 0.1) is 11.9 Å². The molecule has 0 radical (unpaired) electrons. The van der Waals surface area contributed by atoms with Gasteiger partial charge in [-0.1, -0.05) is 20.8 Å². The normalized spacial score (nSPS) is 23.1. The number of rotatable bonds is 5. The van der Waals surface area contributed by atoms with Gasteiger partial charge in [0.1, 0.15) is 0 Å². The fraction of sp³-hybridized carbons (Fsp3) is 0.688. The molecule has 4 heteroatoms. The largest absolute Gasteiger partial charge is 0.368 e. The van der Waals surface area contributed by atoms with Crippen LogP contribution < -0.4 is 10.2 Å². The van der Waals surface area contributed by atoms with Gasteiger partial charge in [-0.3, -0.25) is 4.98 Å². The van der Waals surface area contributed by atoms with E-state index in [0.717, 1.165) is 19.6 Å². The summed E-state index contributed by atoms with van der Waals surface area (Å²) in [4.78, 5) is 9.16. The highest BCUT2D eigenvalue weighted by atomic mass is 15.2. The number of aromatic nitrogens is 1. The van der Waals surface area contributed by atoms with Crippen LogP contribution in [0.25, 0.3) is 0 Å². The lowest BCUT2D eigenvalue weighted by atomic mass is 10.1. The maximum Gasteiger partial charge on any atom is 0.0599 e. The lowest BCUT2D eigenvalue weighted by Crippen LogP contribution is -2.34. The number of likely N-dealkylation sites (N-methyl/N-ethyl adjacent to an activating group) is 1. The highest BCUT2D eigenvalue weighted by Crippen LogP contribution is 2.28. The van der Waals surface area contributed by atoms with E-state index >= 15 is 0 Å². The van der Waals surface area contributed by atoms with Crippen LogP contribution in [0.5, 0.6) is 0 Å². The number of hydrogen-bond donors (Lipinski definition) is 1. The van der Waals surface area contributed by atoms with Crippen molar-refractivity contribution in [2.45, 2.75) is 39.4 Å². The first-order chi connectivity index (χ1) is 9.49. The molecule has 1 aliphatic rings. The van der Waals surface area contributed by atoms with Crippen LogP contribution in [0.15, 0.2) is 18.5 Å². The maximum atomic E-state index is 4.33. The van der Waals surface area contributed by atoms with Crippen LogP contribution in [0.4, 0.5) is 5.69 Å². The molecule has 112 valence electrons. The minimum absolute atomic E-state index is 0.503. The molecule has 2 heterocycles. The Morgan fingerprint density at radius 1 is 1.40 bits per heavy atom. The highest BCUT2D eigenvalue weighted by molar-refractivity contribution is 5.53. The van der Waals surface area contributed by atoms with Crippen molar-refractivity contribution in [1.82, 2.24) is 15.2 Å². The van der Waals surface area contributed by atoms with E-state index < -0.39 is 0 Å². The third kappa shape index (κ3) is 3.49. The Balaban J connectivity index is 2.13. The van der Waals surface area contributed by atoms with Crippen molar-refractivity contribution >= 4 is 5.69 Å². The second-order valence-corrected chi connectivity index (χ2v) is 6.45. The zero-order valence-corrected chi connectivity index (χ0v) is 13.4. The van der Waals surface area contributed by atoms with Crippen LogP contribution in [-0.2, 0) is 6.54 Å². The third-order valence-electron chi connectivity index (χ3n) is 4.17. The second kappa shape index (κ2) is 6.55. The molecule has 4 nitrogen and oxygen atoms in total. The molecule has 2 atom stereocenters. The van der Waals surface area contributed by atoms with Gasteiger partial charge in [0, 0.05) is 37.9 Å². The minimum Gasteiger partial charge on any atom is -0.368 e. The molecule has 2 unspecified atom stereocenters. The molecule has 20 heavy (non-hydrogen) atoms. The minimum atomic E-state index is 0.503. The fourth-order valence-corrected chi connectivity index (χ4v) is 2.98. The van der Waals surface area contributed by atoms with Crippen molar-refractivity contribution in [3.8, 4) is 0 Å². The average Bonchev–Trinajstić information content (AvgIpc) is 2.79. The van der Waals surface area contributed by atoms with E-state index in [1.54, 1.807) is 0 Å². The Morgan fingerprint density at radius 2 is 2.15 bits per heavy atom. The molecule has 1 aliphatic heterocycles. The first kappa shape index (κ1) is 15.3. The molecule has 0 aliphatic carbocycles. The van der Waals surface area contributed by atoms with Crippen LogP contribution in [0.1, 0.15) is 26.3 Å². The molecule has 1 N–H and O–H groups in total. The van der Waals surface area contributed by atoms with Gasteiger partial charge in [-0.25, -0.2) is 0 Å². The Labute approximate surface area is 123 Å². The Hall–Kier alpha value is -1.13. The molecular formula is C16H28N4. The lowest BCUT2D eigenvalue weighted by Gasteiger charge is -2.24. The molecular weight excluding hydrogens is 248 g/mol. The van der Waals surface area contributed by atoms with E-state index in [-0.39, 0.29) is 0 Å². The standard InChI is InChI=1S/C16H28N4/c1-12(2)18-8-14-6-7-17-9-15(14)20-10-13(3)16(11-20)19(4)5/h6-7,9,12-13,16,18H,8,10-11H2,1-5H3. The van der Waals surface area contributed by atoms with E-state index in [1.165, 1.54) is 11.3 Å². The van der Waals surface area contributed by atoms with Crippen LogP contribution >= 0.6 is 0 Å². The molecule has 2 rings (SSSR count). The van der Waals surface area contributed by atoms with Crippen LogP contribution in [-0.4, -0.2) is 49.2 Å². The number of nitrogens with zero attached hydrogens (tertiary/aromatic N) is 3. The van der Waals surface area contributed by atoms with E-state index in [4.69, 9.17) is 0 Å². The van der Waals surface area contributed by atoms with Gasteiger partial charge >= 0.3 is 0 Å². The quantitative estimate of drug-likeness (QED) is 0.891. The zero-order chi connectivity index (χ0) is 14.7. The van der Waals surface area contributed by atoms with E-state index in [1.807, 2.05) is 12.4 Å². The molecule has 0 aromatic carbocycles. The van der Waals surface area contributed by atoms with Crippen molar-refractivity contribution in [2.24, 2.45) is 5.92 Å². The summed E-state index contributed by atoms with van der Waals surface area (Å²) in [6.45, 7) is 9.82. The van der Waals surface area contributed by atoms with Crippen molar-refractivity contribution in [1.29, 1.82) is 0 Å². The van der Waals surface area contributed by atoms with Crippen molar-refractivity contribution < 1.29 is 0 Å². The molecule has 1 saturated heterocycles. The molecule has 1 fully saturated rings. The third-order valence-corrected chi connectivity index (χ3v) is 4.17. The first-order valence-electron chi connectivity index (χ1n) is 7.56. The summed E-state index contributed by atoms with van der Waals surface area (Å²) in [6.07, 6.45) is 3.91. The van der Waals surface area contributed by atoms with E-state index in [0.29, 0.717) is 18.0 Å². The van der Waals surface area contributed by atoms with Gasteiger partial charge in [-0.05, 0) is 31.6 Å². The number of hydrogen-bond acceptors (Lipinski definition) is 4. The average molecular weight is 276 g/mol. The predicted molar refractivity (Wildman–Crippen MR) is 85.1 cm³/mol. The van der Waals surface area contributed by atoms with Crippen molar-refractivity contribution in [3.63, 3.8) is 0 Å². The smallest absolute Gasteiger partial charge is 0.0599 e. The predicted octanol–water partition coefficient (Wildman–Crippen LogP) is 1.97. The summed E-state index contributed by atoms with van der Waals surface area (Å²) in [6, 6.07) is 3.27. The summed E-state index contributed by atoms with van der Waals surface area (Å²) < 4.78 is 0. The number of anilines is 1. The summed E-state index contributed by atoms with van der Waals surface area (Å²) in [5, 5.41) is 3.51. The number of pyridine rings is 1. The van der Waals surface area contributed by atoms with E-state index in [2.05, 4.69) is 61.0 Å². The first-order valence-corrected chi connectivity index (χ1v) is 7.56. The Kier molecular flexibility index (Phi) is 5.00. The van der Waals surface area contributed by atoms with Gasteiger partial charge in [0.2, 0.25) is 0 Å². The topological polar surface area (TPSA) is 31.4 Å². The summed E-state index contributed by atoms with van der Waals surface area (Å²) >= 11 is 0. The summed E-state index contributed by atoms with van der Waals surface area (Å²) in [5.41, 5.74) is 2.64. The maximum absolute atomic E-state index is 4.33. The molecule has 1 aromatic rings. The van der Waals surface area contributed by atoms with Gasteiger partial charge in [0.25, 0.3) is 0 Å². The van der Waals surface area contributed by atoms with Gasteiger partial charge in [-0.15, -0.1) is 0 Å². The Bertz CT molecular complexity index is 430. The SMILES string of the molecule is CC(C)NCc1ccncc1N1CC(C)C(N(C)C)C1. The molecule has 0 bridgehead atoms. The second-order valence-electron chi connectivity index (χ2n) is 6.45. The molecule has 0 spiro atoms. The fourth-order valence-electron chi connectivity index (χ4n) is 2.98. The monoisotopic (exact) mass is 276 g/mol. The van der Waals surface area contributed by atoms with Crippen LogP contribution in [0.2, 0.25) is 0 Å². The van der Waals surface area contributed by atoms with Gasteiger partial charge in [0.15, 0.2) is 0 Å². The summed E-state index contributed by atoms with van der Waals surface area (Å²) in [5.74, 6) is 0.691. The number of nitrogens with one attached hydrogen (secondary N) is 1.